The number of H-pyrrole nitrogens is 3. The van der Waals surface area contributed by atoms with Gasteiger partial charge >= 0.3 is 0 Å². The first-order chi connectivity index (χ1) is 23.5. The summed E-state index contributed by atoms with van der Waals surface area (Å²) >= 11 is 0. The van der Waals surface area contributed by atoms with Crippen LogP contribution in [0.1, 0.15) is 25.0 Å². The van der Waals surface area contributed by atoms with E-state index in [9.17, 15) is 9.18 Å². The topological polar surface area (TPSA) is 103 Å². The van der Waals surface area contributed by atoms with Crippen molar-refractivity contribution in [2.45, 2.75) is 26.7 Å². The van der Waals surface area contributed by atoms with Crippen LogP contribution in [0.2, 0.25) is 0 Å². The van der Waals surface area contributed by atoms with E-state index in [1.54, 1.807) is 30.7 Å². The van der Waals surface area contributed by atoms with Gasteiger partial charge in [-0.2, -0.15) is 4.39 Å². The molecule has 0 aliphatic heterocycles. The standard InChI is InChI=1S/C20H16FN3.C20H17N3O/c1-2-13-5-3-4-6-16(13)18-12-24-20-17(18)9-15(11-23-20)14-7-8-22-19(21)10-14;1-2-13-5-3-4-6-16(13)18-12-23-20-17(18)9-15(11-22-20)14-7-8-21-19(24)10-14/h3-12H,2H2,1H3,(H,23,24);3-12H,2H2,1H3,(H,21,24)(H,22,23). The summed E-state index contributed by atoms with van der Waals surface area (Å²) < 4.78 is 13.4. The lowest BCUT2D eigenvalue weighted by Gasteiger charge is -2.07. The summed E-state index contributed by atoms with van der Waals surface area (Å²) in [6.07, 6.45) is 12.6. The lowest BCUT2D eigenvalue weighted by Crippen LogP contribution is -2.02. The zero-order chi connectivity index (χ0) is 33.0. The van der Waals surface area contributed by atoms with Gasteiger partial charge in [-0.15, -0.1) is 0 Å². The quantitative estimate of drug-likeness (QED) is 0.159. The van der Waals surface area contributed by atoms with E-state index in [0.29, 0.717) is 0 Å². The molecule has 0 unspecified atom stereocenters. The van der Waals surface area contributed by atoms with Crippen LogP contribution in [0.5, 0.6) is 0 Å². The zero-order valence-electron chi connectivity index (χ0n) is 26.6. The van der Waals surface area contributed by atoms with E-state index in [4.69, 9.17) is 0 Å². The predicted octanol–water partition coefficient (Wildman–Crippen LogP) is 9.14. The first-order valence-corrected chi connectivity index (χ1v) is 15.9. The Morgan fingerprint density at radius 2 is 1.12 bits per heavy atom. The molecule has 3 N–H and O–H groups in total. The van der Waals surface area contributed by atoms with E-state index in [0.717, 1.165) is 68.3 Å². The summed E-state index contributed by atoms with van der Waals surface area (Å²) in [6, 6.07) is 27.6. The lowest BCUT2D eigenvalue weighted by molar-refractivity contribution is 0.584. The summed E-state index contributed by atoms with van der Waals surface area (Å²) in [5.74, 6) is -0.488. The maximum atomic E-state index is 13.4. The fourth-order valence-electron chi connectivity index (χ4n) is 6.16. The van der Waals surface area contributed by atoms with Crippen LogP contribution in [0.4, 0.5) is 4.39 Å². The number of fused-ring (bicyclic) bond motifs is 2. The zero-order valence-corrected chi connectivity index (χ0v) is 26.6. The first-order valence-electron chi connectivity index (χ1n) is 15.9. The molecule has 0 amide bonds. The molecule has 8 heteroatoms. The predicted molar refractivity (Wildman–Crippen MR) is 191 cm³/mol. The number of aryl methyl sites for hydroxylation is 2. The normalized spacial score (nSPS) is 11.1. The fourth-order valence-corrected chi connectivity index (χ4v) is 6.16. The van der Waals surface area contributed by atoms with Crippen molar-refractivity contribution in [2.75, 3.05) is 0 Å². The SMILES string of the molecule is CCc1ccccc1-c1c[nH]c2ncc(-c3cc[nH]c(=O)c3)cc12.CCc1ccccc1-c1c[nH]c2ncc(-c3ccnc(F)c3)cc12. The summed E-state index contributed by atoms with van der Waals surface area (Å²) in [6.45, 7) is 4.31. The summed E-state index contributed by atoms with van der Waals surface area (Å²) in [5.41, 5.74) is 12.3. The third-order valence-corrected chi connectivity index (χ3v) is 8.61. The summed E-state index contributed by atoms with van der Waals surface area (Å²) in [4.78, 5) is 33.3. The van der Waals surface area contributed by atoms with Crippen LogP contribution in [-0.4, -0.2) is 29.9 Å². The average Bonchev–Trinajstić information content (AvgIpc) is 3.75. The van der Waals surface area contributed by atoms with Crippen LogP contribution < -0.4 is 5.56 Å². The van der Waals surface area contributed by atoms with Crippen LogP contribution in [0.3, 0.4) is 0 Å². The van der Waals surface area contributed by atoms with Gasteiger partial charge in [0.2, 0.25) is 11.5 Å². The van der Waals surface area contributed by atoms with Crippen LogP contribution >= 0.6 is 0 Å². The number of hydrogen-bond acceptors (Lipinski definition) is 4. The van der Waals surface area contributed by atoms with Gasteiger partial charge in [-0.25, -0.2) is 15.0 Å². The number of aromatic amines is 3. The Kier molecular flexibility index (Phi) is 8.45. The second kappa shape index (κ2) is 13.3. The highest BCUT2D eigenvalue weighted by Gasteiger charge is 2.13. The van der Waals surface area contributed by atoms with Crippen LogP contribution in [0.25, 0.3) is 66.6 Å². The number of aromatic nitrogens is 6. The Hall–Kier alpha value is -6.15. The Morgan fingerprint density at radius 1 is 0.583 bits per heavy atom. The van der Waals surface area contributed by atoms with E-state index in [1.165, 1.54) is 34.5 Å². The molecule has 6 aromatic heterocycles. The number of rotatable bonds is 6. The molecule has 0 spiro atoms. The molecule has 2 aromatic carbocycles. The van der Waals surface area contributed by atoms with Crippen molar-refractivity contribution in [1.82, 2.24) is 29.9 Å². The molecule has 0 saturated carbocycles. The van der Waals surface area contributed by atoms with Crippen molar-refractivity contribution in [3.8, 4) is 44.5 Å². The van der Waals surface area contributed by atoms with Gasteiger partial charge in [0.1, 0.15) is 11.3 Å². The number of hydrogen-bond donors (Lipinski definition) is 3. The average molecular weight is 633 g/mol. The maximum absolute atomic E-state index is 13.4. The third-order valence-electron chi connectivity index (χ3n) is 8.61. The number of nitrogens with zero attached hydrogens (tertiary/aromatic N) is 3. The Bertz CT molecular complexity index is 2440. The third kappa shape index (κ3) is 6.03. The molecule has 7 nitrogen and oxygen atoms in total. The van der Waals surface area contributed by atoms with Crippen molar-refractivity contribution < 1.29 is 4.39 Å². The molecular formula is C40H33FN6O. The highest BCUT2D eigenvalue weighted by atomic mass is 19.1. The molecule has 0 saturated heterocycles. The Balaban J connectivity index is 0.000000152. The van der Waals surface area contributed by atoms with Gasteiger partial charge in [0, 0.05) is 82.3 Å². The molecule has 48 heavy (non-hydrogen) atoms. The first kappa shape index (κ1) is 30.5. The molecule has 0 aliphatic rings. The minimum absolute atomic E-state index is 0.113. The number of pyridine rings is 4. The van der Waals surface area contributed by atoms with Crippen molar-refractivity contribution in [2.24, 2.45) is 0 Å². The molecule has 0 bridgehead atoms. The molecule has 0 atom stereocenters. The fraction of sp³-hybridized carbons (Fsp3) is 0.100. The largest absolute Gasteiger partial charge is 0.346 e. The van der Waals surface area contributed by atoms with Crippen LogP contribution in [0.15, 0.2) is 127 Å². The smallest absolute Gasteiger partial charge is 0.248 e. The van der Waals surface area contributed by atoms with E-state index in [1.807, 2.05) is 24.5 Å². The molecule has 6 heterocycles. The van der Waals surface area contributed by atoms with Gasteiger partial charge < -0.3 is 15.0 Å². The Morgan fingerprint density at radius 3 is 1.65 bits per heavy atom. The van der Waals surface area contributed by atoms with Crippen LogP contribution in [-0.2, 0) is 12.8 Å². The molecule has 0 radical (unpaired) electrons. The molecule has 8 rings (SSSR count). The van der Waals surface area contributed by atoms with E-state index < -0.39 is 5.95 Å². The van der Waals surface area contributed by atoms with E-state index in [2.05, 4.69) is 98.3 Å². The van der Waals surface area contributed by atoms with Gasteiger partial charge in [0.05, 0.1) is 0 Å². The van der Waals surface area contributed by atoms with E-state index in [-0.39, 0.29) is 5.56 Å². The monoisotopic (exact) mass is 632 g/mol. The molecule has 0 fully saturated rings. The molecule has 8 aromatic rings. The molecule has 0 aliphatic carbocycles. The molecular weight excluding hydrogens is 599 g/mol. The second-order valence-electron chi connectivity index (χ2n) is 11.5. The number of halogens is 1. The minimum atomic E-state index is -0.488. The van der Waals surface area contributed by atoms with E-state index >= 15 is 0 Å². The minimum Gasteiger partial charge on any atom is -0.346 e. The lowest BCUT2D eigenvalue weighted by atomic mass is 9.97. The maximum Gasteiger partial charge on any atom is 0.248 e. The van der Waals surface area contributed by atoms with Crippen molar-refractivity contribution in [3.05, 3.63) is 150 Å². The van der Waals surface area contributed by atoms with Gasteiger partial charge in [0.15, 0.2) is 0 Å². The summed E-state index contributed by atoms with van der Waals surface area (Å²) in [7, 11) is 0. The van der Waals surface area contributed by atoms with Gasteiger partial charge in [-0.3, -0.25) is 4.79 Å². The summed E-state index contributed by atoms with van der Waals surface area (Å²) in [5, 5.41) is 2.10. The van der Waals surface area contributed by atoms with Crippen molar-refractivity contribution in [3.63, 3.8) is 0 Å². The second-order valence-corrected chi connectivity index (χ2v) is 11.5. The molecule has 236 valence electrons. The highest BCUT2D eigenvalue weighted by Crippen LogP contribution is 2.34. The number of nitrogens with one attached hydrogen (secondary N) is 3. The number of benzene rings is 2. The van der Waals surface area contributed by atoms with Crippen molar-refractivity contribution >= 4 is 22.1 Å². The van der Waals surface area contributed by atoms with Gasteiger partial charge in [0.25, 0.3) is 0 Å². The van der Waals surface area contributed by atoms with Crippen molar-refractivity contribution in [1.29, 1.82) is 0 Å². The Labute approximate surface area is 276 Å². The highest BCUT2D eigenvalue weighted by molar-refractivity contribution is 5.97. The van der Waals surface area contributed by atoms with Gasteiger partial charge in [-0.1, -0.05) is 62.4 Å². The van der Waals surface area contributed by atoms with Crippen LogP contribution in [0, 0.1) is 5.95 Å². The van der Waals surface area contributed by atoms with Gasteiger partial charge in [-0.05, 0) is 70.5 Å².